The number of aromatic nitrogens is 4. The van der Waals surface area contributed by atoms with Gasteiger partial charge in [0.2, 0.25) is 0 Å². The zero-order chi connectivity index (χ0) is 17.1. The van der Waals surface area contributed by atoms with Gasteiger partial charge < -0.3 is 4.90 Å². The van der Waals surface area contributed by atoms with Gasteiger partial charge in [-0.15, -0.1) is 0 Å². The first-order valence-corrected chi connectivity index (χ1v) is 7.66. The van der Waals surface area contributed by atoms with Gasteiger partial charge in [0.05, 0.1) is 17.9 Å². The molecule has 0 radical (unpaired) electrons. The van der Waals surface area contributed by atoms with Crippen LogP contribution in [0.2, 0.25) is 0 Å². The van der Waals surface area contributed by atoms with Gasteiger partial charge in [0.25, 0.3) is 5.91 Å². The molecule has 3 aromatic rings. The molecule has 2 heterocycles. The van der Waals surface area contributed by atoms with E-state index in [0.717, 1.165) is 17.8 Å². The monoisotopic (exact) mass is 327 g/mol. The number of H-pyrrole nitrogens is 1. The number of hydrogen-bond acceptors (Lipinski definition) is 3. The molecule has 1 N–H and O–H groups in total. The van der Waals surface area contributed by atoms with Crippen molar-refractivity contribution in [3.8, 4) is 11.3 Å². The summed E-state index contributed by atoms with van der Waals surface area (Å²) >= 11 is 0. The summed E-state index contributed by atoms with van der Waals surface area (Å²) in [4.78, 5) is 14.1. The molecular formula is C17H18FN5O. The molecule has 0 spiro atoms. The van der Waals surface area contributed by atoms with Crippen LogP contribution in [-0.2, 0) is 13.1 Å². The molecule has 3 rings (SSSR count). The van der Waals surface area contributed by atoms with E-state index in [1.54, 1.807) is 36.3 Å². The SMILES string of the molecule is CCn1nccc1CN(C)C(=O)c1cc(-c2ccc(F)cc2)n[nH]1. The van der Waals surface area contributed by atoms with Gasteiger partial charge in [-0.05, 0) is 43.3 Å². The van der Waals surface area contributed by atoms with Gasteiger partial charge >= 0.3 is 0 Å². The Hall–Kier alpha value is -2.96. The summed E-state index contributed by atoms with van der Waals surface area (Å²) in [5, 5.41) is 11.1. The van der Waals surface area contributed by atoms with Gasteiger partial charge in [0.1, 0.15) is 11.5 Å². The van der Waals surface area contributed by atoms with Crippen LogP contribution in [-0.4, -0.2) is 37.8 Å². The molecule has 0 bridgehead atoms. The number of carbonyl (C=O) groups is 1. The van der Waals surface area contributed by atoms with E-state index in [9.17, 15) is 9.18 Å². The Balaban J connectivity index is 1.74. The van der Waals surface area contributed by atoms with Crippen molar-refractivity contribution in [3.63, 3.8) is 0 Å². The Morgan fingerprint density at radius 3 is 2.75 bits per heavy atom. The fourth-order valence-electron chi connectivity index (χ4n) is 2.50. The quantitative estimate of drug-likeness (QED) is 0.783. The Morgan fingerprint density at radius 2 is 2.04 bits per heavy atom. The molecule has 0 aliphatic carbocycles. The molecule has 24 heavy (non-hydrogen) atoms. The van der Waals surface area contributed by atoms with Crippen molar-refractivity contribution < 1.29 is 9.18 Å². The Morgan fingerprint density at radius 1 is 1.29 bits per heavy atom. The minimum absolute atomic E-state index is 0.167. The average Bonchev–Trinajstić information content (AvgIpc) is 3.24. The van der Waals surface area contributed by atoms with Crippen molar-refractivity contribution in [3.05, 3.63) is 59.8 Å². The van der Waals surface area contributed by atoms with E-state index in [-0.39, 0.29) is 11.7 Å². The molecule has 0 saturated carbocycles. The Bertz CT molecular complexity index is 837. The van der Waals surface area contributed by atoms with Crippen LogP contribution in [0.3, 0.4) is 0 Å². The van der Waals surface area contributed by atoms with E-state index in [1.165, 1.54) is 12.1 Å². The highest BCUT2D eigenvalue weighted by Gasteiger charge is 2.17. The van der Waals surface area contributed by atoms with Crippen molar-refractivity contribution in [2.75, 3.05) is 7.05 Å². The molecule has 2 aromatic heterocycles. The second kappa shape index (κ2) is 6.66. The number of halogens is 1. The predicted octanol–water partition coefficient (Wildman–Crippen LogP) is 2.70. The average molecular weight is 327 g/mol. The Labute approximate surface area is 138 Å². The number of benzene rings is 1. The highest BCUT2D eigenvalue weighted by Crippen LogP contribution is 2.19. The third kappa shape index (κ3) is 3.19. The van der Waals surface area contributed by atoms with Crippen LogP contribution in [0.15, 0.2) is 42.6 Å². The lowest BCUT2D eigenvalue weighted by Gasteiger charge is -2.16. The summed E-state index contributed by atoms with van der Waals surface area (Å²) in [7, 11) is 1.73. The lowest BCUT2D eigenvalue weighted by Crippen LogP contribution is -2.27. The van der Waals surface area contributed by atoms with Crippen molar-refractivity contribution in [2.24, 2.45) is 0 Å². The number of nitrogens with zero attached hydrogens (tertiary/aromatic N) is 4. The van der Waals surface area contributed by atoms with Crippen molar-refractivity contribution in [1.29, 1.82) is 0 Å². The summed E-state index contributed by atoms with van der Waals surface area (Å²) < 4.78 is 14.8. The minimum Gasteiger partial charge on any atom is -0.335 e. The molecule has 0 fully saturated rings. The Kier molecular flexibility index (Phi) is 4.41. The van der Waals surface area contributed by atoms with E-state index < -0.39 is 0 Å². The highest BCUT2D eigenvalue weighted by atomic mass is 19.1. The molecule has 1 amide bonds. The van der Waals surface area contributed by atoms with Gasteiger partial charge in [0, 0.05) is 25.4 Å². The maximum absolute atomic E-state index is 13.0. The number of rotatable bonds is 5. The summed E-state index contributed by atoms with van der Waals surface area (Å²) in [6.07, 6.45) is 1.72. The fourth-order valence-corrected chi connectivity index (χ4v) is 2.50. The van der Waals surface area contributed by atoms with Crippen LogP contribution < -0.4 is 0 Å². The van der Waals surface area contributed by atoms with E-state index in [2.05, 4.69) is 15.3 Å². The number of aromatic amines is 1. The summed E-state index contributed by atoms with van der Waals surface area (Å²) in [5.74, 6) is -0.474. The second-order valence-electron chi connectivity index (χ2n) is 5.47. The van der Waals surface area contributed by atoms with E-state index in [1.807, 2.05) is 17.7 Å². The van der Waals surface area contributed by atoms with Gasteiger partial charge in [-0.1, -0.05) is 0 Å². The molecule has 0 aliphatic rings. The molecule has 6 nitrogen and oxygen atoms in total. The maximum atomic E-state index is 13.0. The van der Waals surface area contributed by atoms with Crippen molar-refractivity contribution in [1.82, 2.24) is 24.9 Å². The second-order valence-corrected chi connectivity index (χ2v) is 5.47. The number of carbonyl (C=O) groups excluding carboxylic acids is 1. The normalized spacial score (nSPS) is 10.8. The molecule has 0 atom stereocenters. The minimum atomic E-state index is -0.308. The number of hydrogen-bond donors (Lipinski definition) is 1. The smallest absolute Gasteiger partial charge is 0.271 e. The van der Waals surface area contributed by atoms with Crippen LogP contribution in [0.25, 0.3) is 11.3 Å². The third-order valence-electron chi connectivity index (χ3n) is 3.80. The molecule has 124 valence electrons. The lowest BCUT2D eigenvalue weighted by atomic mass is 10.1. The van der Waals surface area contributed by atoms with E-state index in [4.69, 9.17) is 0 Å². The first kappa shape index (κ1) is 15.9. The summed E-state index contributed by atoms with van der Waals surface area (Å²) in [6, 6.07) is 9.55. The van der Waals surface area contributed by atoms with E-state index >= 15 is 0 Å². The topological polar surface area (TPSA) is 66.8 Å². The van der Waals surface area contributed by atoms with Gasteiger partial charge in [-0.25, -0.2) is 4.39 Å². The summed E-state index contributed by atoms with van der Waals surface area (Å²) in [5.41, 5.74) is 2.70. The van der Waals surface area contributed by atoms with Crippen LogP contribution in [0.4, 0.5) is 4.39 Å². The van der Waals surface area contributed by atoms with Crippen molar-refractivity contribution >= 4 is 5.91 Å². The molecule has 0 saturated heterocycles. The molecule has 7 heteroatoms. The lowest BCUT2D eigenvalue weighted by molar-refractivity contribution is 0.0775. The molecular weight excluding hydrogens is 309 g/mol. The summed E-state index contributed by atoms with van der Waals surface area (Å²) in [6.45, 7) is 3.21. The van der Waals surface area contributed by atoms with Crippen LogP contribution in [0.1, 0.15) is 23.1 Å². The zero-order valence-electron chi connectivity index (χ0n) is 13.5. The van der Waals surface area contributed by atoms with E-state index in [0.29, 0.717) is 17.9 Å². The molecule has 0 unspecified atom stereocenters. The fraction of sp³-hybridized carbons (Fsp3) is 0.235. The van der Waals surface area contributed by atoms with Crippen molar-refractivity contribution in [2.45, 2.75) is 20.0 Å². The third-order valence-corrected chi connectivity index (χ3v) is 3.80. The highest BCUT2D eigenvalue weighted by molar-refractivity contribution is 5.93. The predicted molar refractivity (Wildman–Crippen MR) is 87.7 cm³/mol. The van der Waals surface area contributed by atoms with Crippen LogP contribution >= 0.6 is 0 Å². The maximum Gasteiger partial charge on any atom is 0.271 e. The number of nitrogens with one attached hydrogen (secondary N) is 1. The first-order chi connectivity index (χ1) is 11.6. The largest absolute Gasteiger partial charge is 0.335 e. The number of amides is 1. The number of aryl methyl sites for hydroxylation is 1. The molecule has 1 aromatic carbocycles. The zero-order valence-corrected chi connectivity index (χ0v) is 13.5. The van der Waals surface area contributed by atoms with Gasteiger partial charge in [-0.3, -0.25) is 14.6 Å². The standard InChI is InChI=1S/C17H18FN5O/c1-3-23-14(8-9-19-23)11-22(2)17(24)16-10-15(20-21-16)12-4-6-13(18)7-5-12/h4-10H,3,11H2,1-2H3,(H,20,21). The first-order valence-electron chi connectivity index (χ1n) is 7.66. The van der Waals surface area contributed by atoms with Crippen LogP contribution in [0, 0.1) is 5.82 Å². The van der Waals surface area contributed by atoms with Crippen LogP contribution in [0.5, 0.6) is 0 Å². The van der Waals surface area contributed by atoms with Gasteiger partial charge in [-0.2, -0.15) is 10.2 Å². The van der Waals surface area contributed by atoms with Gasteiger partial charge in [0.15, 0.2) is 0 Å². The molecule has 0 aliphatic heterocycles.